The van der Waals surface area contributed by atoms with E-state index in [0.29, 0.717) is 6.04 Å². The first kappa shape index (κ1) is 14.3. The first-order chi connectivity index (χ1) is 10.3. The summed E-state index contributed by atoms with van der Waals surface area (Å²) in [6.07, 6.45) is 3.16. The molecule has 0 saturated heterocycles. The molecular weight excluding hydrogens is 278 g/mol. The maximum Gasteiger partial charge on any atom is 0.230 e. The van der Waals surface area contributed by atoms with Gasteiger partial charge >= 0.3 is 0 Å². The lowest BCUT2D eigenvalue weighted by Gasteiger charge is -2.27. The Morgan fingerprint density at radius 1 is 1.29 bits per heavy atom. The number of amides is 1. The van der Waals surface area contributed by atoms with Gasteiger partial charge in [-0.05, 0) is 47.2 Å². The quantitative estimate of drug-likeness (QED) is 0.772. The van der Waals surface area contributed by atoms with Crippen LogP contribution in [0.5, 0.6) is 0 Å². The van der Waals surface area contributed by atoms with E-state index in [1.807, 2.05) is 18.2 Å². The molecule has 0 N–H and O–H groups in total. The Balaban J connectivity index is 1.79. The third-order valence-electron chi connectivity index (χ3n) is 4.11. The van der Waals surface area contributed by atoms with E-state index in [2.05, 4.69) is 40.8 Å². The molecule has 2 nitrogen and oxygen atoms in total. The van der Waals surface area contributed by atoms with Crippen molar-refractivity contribution in [1.82, 2.24) is 4.90 Å². The SMILES string of the molecule is CC[C@@H](C(=O)N(Cc1ccsc1)C1CC1)c1ccccc1. The highest BCUT2D eigenvalue weighted by Gasteiger charge is 2.35. The van der Waals surface area contributed by atoms with Crippen LogP contribution < -0.4 is 0 Å². The van der Waals surface area contributed by atoms with Crippen LogP contribution in [0.3, 0.4) is 0 Å². The predicted molar refractivity (Wildman–Crippen MR) is 87.4 cm³/mol. The summed E-state index contributed by atoms with van der Waals surface area (Å²) in [6.45, 7) is 2.86. The molecule has 3 rings (SSSR count). The van der Waals surface area contributed by atoms with Gasteiger partial charge in [-0.3, -0.25) is 4.79 Å². The fourth-order valence-corrected chi connectivity index (χ4v) is 3.45. The second kappa shape index (κ2) is 6.44. The van der Waals surface area contributed by atoms with Crippen molar-refractivity contribution < 1.29 is 4.79 Å². The van der Waals surface area contributed by atoms with Gasteiger partial charge in [0, 0.05) is 12.6 Å². The van der Waals surface area contributed by atoms with Crippen molar-refractivity contribution in [1.29, 1.82) is 0 Å². The molecule has 0 spiro atoms. The summed E-state index contributed by atoms with van der Waals surface area (Å²) in [4.78, 5) is 15.1. The van der Waals surface area contributed by atoms with Crippen LogP contribution >= 0.6 is 11.3 Å². The third-order valence-corrected chi connectivity index (χ3v) is 4.84. The minimum absolute atomic E-state index is 0.00886. The minimum Gasteiger partial charge on any atom is -0.335 e. The van der Waals surface area contributed by atoms with Crippen molar-refractivity contribution >= 4 is 17.2 Å². The second-order valence-electron chi connectivity index (χ2n) is 5.70. The average molecular weight is 299 g/mol. The number of thiophene rings is 1. The van der Waals surface area contributed by atoms with Gasteiger partial charge in [0.05, 0.1) is 5.92 Å². The normalized spacial score (nSPS) is 15.7. The standard InChI is InChI=1S/C18H21NOS/c1-2-17(15-6-4-3-5-7-15)18(20)19(16-8-9-16)12-14-10-11-21-13-14/h3-7,10-11,13,16-17H,2,8-9,12H2,1H3/t17-/m1/s1. The summed E-state index contributed by atoms with van der Waals surface area (Å²) in [5.41, 5.74) is 2.39. The zero-order chi connectivity index (χ0) is 14.7. The van der Waals surface area contributed by atoms with Crippen LogP contribution in [-0.4, -0.2) is 16.8 Å². The molecule has 0 unspecified atom stereocenters. The number of carbonyl (C=O) groups excluding carboxylic acids is 1. The molecule has 0 aliphatic heterocycles. The zero-order valence-corrected chi connectivity index (χ0v) is 13.2. The van der Waals surface area contributed by atoms with E-state index in [4.69, 9.17) is 0 Å². The summed E-state index contributed by atoms with van der Waals surface area (Å²) in [5, 5.41) is 4.23. The third kappa shape index (κ3) is 3.35. The van der Waals surface area contributed by atoms with Crippen LogP contribution in [0.2, 0.25) is 0 Å². The Hall–Kier alpha value is -1.61. The molecule has 1 amide bonds. The fourth-order valence-electron chi connectivity index (χ4n) is 2.79. The molecule has 3 heteroatoms. The number of benzene rings is 1. The van der Waals surface area contributed by atoms with Crippen LogP contribution in [0, 0.1) is 0 Å². The first-order valence-electron chi connectivity index (χ1n) is 7.66. The summed E-state index contributed by atoms with van der Waals surface area (Å²) < 4.78 is 0. The van der Waals surface area contributed by atoms with E-state index in [1.54, 1.807) is 11.3 Å². The van der Waals surface area contributed by atoms with Gasteiger partial charge in [-0.2, -0.15) is 11.3 Å². The van der Waals surface area contributed by atoms with Gasteiger partial charge in [-0.15, -0.1) is 0 Å². The van der Waals surface area contributed by atoms with Crippen LogP contribution in [0.4, 0.5) is 0 Å². The minimum atomic E-state index is -0.00886. The van der Waals surface area contributed by atoms with E-state index in [0.717, 1.165) is 31.4 Å². The van der Waals surface area contributed by atoms with Crippen molar-refractivity contribution in [2.45, 2.75) is 44.7 Å². The largest absolute Gasteiger partial charge is 0.335 e. The molecule has 110 valence electrons. The number of carbonyl (C=O) groups is 1. The number of nitrogens with zero attached hydrogens (tertiary/aromatic N) is 1. The van der Waals surface area contributed by atoms with Gasteiger partial charge < -0.3 is 4.90 Å². The van der Waals surface area contributed by atoms with Gasteiger partial charge in [-0.1, -0.05) is 37.3 Å². The molecule has 1 aliphatic rings. The molecule has 21 heavy (non-hydrogen) atoms. The van der Waals surface area contributed by atoms with Gasteiger partial charge in [-0.25, -0.2) is 0 Å². The van der Waals surface area contributed by atoms with Gasteiger partial charge in [0.25, 0.3) is 0 Å². The van der Waals surface area contributed by atoms with E-state index in [1.165, 1.54) is 5.56 Å². The zero-order valence-electron chi connectivity index (χ0n) is 12.4. The summed E-state index contributed by atoms with van der Waals surface area (Å²) in [5.74, 6) is 0.280. The van der Waals surface area contributed by atoms with E-state index < -0.39 is 0 Å². The van der Waals surface area contributed by atoms with Crippen molar-refractivity contribution in [2.24, 2.45) is 0 Å². The molecule has 1 saturated carbocycles. The Morgan fingerprint density at radius 3 is 2.62 bits per heavy atom. The Kier molecular flexibility index (Phi) is 4.39. The molecular formula is C18H21NOS. The van der Waals surface area contributed by atoms with Crippen LogP contribution in [-0.2, 0) is 11.3 Å². The lowest BCUT2D eigenvalue weighted by molar-refractivity contribution is -0.134. The lowest BCUT2D eigenvalue weighted by Crippen LogP contribution is -2.36. The van der Waals surface area contributed by atoms with Crippen molar-refractivity contribution in [3.05, 3.63) is 58.3 Å². The molecule has 1 fully saturated rings. The van der Waals surface area contributed by atoms with E-state index >= 15 is 0 Å². The number of rotatable bonds is 6. The topological polar surface area (TPSA) is 20.3 Å². The van der Waals surface area contributed by atoms with Gasteiger partial charge in [0.1, 0.15) is 0 Å². The lowest BCUT2D eigenvalue weighted by atomic mass is 9.95. The molecule has 1 heterocycles. The monoisotopic (exact) mass is 299 g/mol. The maximum absolute atomic E-state index is 13.0. The second-order valence-corrected chi connectivity index (χ2v) is 6.48. The molecule has 1 aromatic heterocycles. The Morgan fingerprint density at radius 2 is 2.05 bits per heavy atom. The highest BCUT2D eigenvalue weighted by molar-refractivity contribution is 7.07. The fraction of sp³-hybridized carbons (Fsp3) is 0.389. The van der Waals surface area contributed by atoms with Crippen molar-refractivity contribution in [3.8, 4) is 0 Å². The van der Waals surface area contributed by atoms with Crippen LogP contribution in [0.15, 0.2) is 47.2 Å². The summed E-state index contributed by atoms with van der Waals surface area (Å²) in [6, 6.07) is 12.8. The van der Waals surface area contributed by atoms with E-state index in [-0.39, 0.29) is 11.8 Å². The van der Waals surface area contributed by atoms with Crippen molar-refractivity contribution in [2.75, 3.05) is 0 Å². The number of hydrogen-bond acceptors (Lipinski definition) is 2. The number of hydrogen-bond donors (Lipinski definition) is 0. The van der Waals surface area contributed by atoms with Crippen LogP contribution in [0.1, 0.15) is 43.2 Å². The Labute approximate surface area is 130 Å². The predicted octanol–water partition coefficient (Wildman–Crippen LogP) is 4.43. The van der Waals surface area contributed by atoms with Gasteiger partial charge in [0.2, 0.25) is 5.91 Å². The maximum atomic E-state index is 13.0. The summed E-state index contributed by atoms with van der Waals surface area (Å²) in [7, 11) is 0. The summed E-state index contributed by atoms with van der Waals surface area (Å²) >= 11 is 1.70. The highest BCUT2D eigenvalue weighted by atomic mass is 32.1. The molecule has 1 atom stereocenters. The first-order valence-corrected chi connectivity index (χ1v) is 8.60. The van der Waals surface area contributed by atoms with Crippen LogP contribution in [0.25, 0.3) is 0 Å². The molecule has 1 aliphatic carbocycles. The van der Waals surface area contributed by atoms with E-state index in [9.17, 15) is 4.79 Å². The van der Waals surface area contributed by atoms with Crippen molar-refractivity contribution in [3.63, 3.8) is 0 Å². The highest BCUT2D eigenvalue weighted by Crippen LogP contribution is 2.33. The smallest absolute Gasteiger partial charge is 0.230 e. The Bertz CT molecular complexity index is 575. The van der Waals surface area contributed by atoms with Gasteiger partial charge in [0.15, 0.2) is 0 Å². The molecule has 1 aromatic carbocycles. The molecule has 0 bridgehead atoms. The average Bonchev–Trinajstić information content (AvgIpc) is 3.23. The molecule has 0 radical (unpaired) electrons. The molecule has 2 aromatic rings.